The van der Waals surface area contributed by atoms with Crippen LogP contribution in [0, 0.1) is 10.1 Å². The number of amides is 1. The summed E-state index contributed by atoms with van der Waals surface area (Å²) >= 11 is 5.89. The third-order valence-electron chi connectivity index (χ3n) is 3.13. The van der Waals surface area contributed by atoms with Crippen molar-refractivity contribution in [3.63, 3.8) is 0 Å². The highest BCUT2D eigenvalue weighted by Crippen LogP contribution is 2.28. The second-order valence-electron chi connectivity index (χ2n) is 4.79. The number of carbonyl (C=O) groups is 1. The zero-order valence-corrected chi connectivity index (χ0v) is 13.6. The molecule has 7 nitrogen and oxygen atoms in total. The monoisotopic (exact) mass is 350 g/mol. The lowest BCUT2D eigenvalue weighted by atomic mass is 10.2. The van der Waals surface area contributed by atoms with Crippen molar-refractivity contribution in [3.05, 3.63) is 63.2 Å². The number of non-ortho nitro benzene ring substituents is 1. The molecule has 1 amide bonds. The van der Waals surface area contributed by atoms with E-state index in [0.717, 1.165) is 11.3 Å². The van der Waals surface area contributed by atoms with E-state index >= 15 is 0 Å². The van der Waals surface area contributed by atoms with Gasteiger partial charge in [0.1, 0.15) is 11.5 Å². The van der Waals surface area contributed by atoms with Gasteiger partial charge in [-0.3, -0.25) is 14.9 Å². The lowest BCUT2D eigenvalue weighted by Crippen LogP contribution is -2.28. The number of nitrogens with one attached hydrogen (secondary N) is 1. The number of nitro benzene ring substituents is 1. The minimum Gasteiger partial charge on any atom is -0.497 e. The normalized spacial score (nSPS) is 10.1. The van der Waals surface area contributed by atoms with Gasteiger partial charge in [0.15, 0.2) is 6.61 Å². The van der Waals surface area contributed by atoms with Crippen LogP contribution < -0.4 is 14.8 Å². The van der Waals surface area contributed by atoms with E-state index in [9.17, 15) is 14.9 Å². The molecule has 8 heteroatoms. The van der Waals surface area contributed by atoms with Gasteiger partial charge in [0.2, 0.25) is 0 Å². The average Bonchev–Trinajstić information content (AvgIpc) is 2.59. The first-order valence-electron chi connectivity index (χ1n) is 6.96. The Kier molecular flexibility index (Phi) is 5.97. The molecule has 0 saturated carbocycles. The van der Waals surface area contributed by atoms with E-state index in [-0.39, 0.29) is 29.0 Å². The van der Waals surface area contributed by atoms with Crippen molar-refractivity contribution in [2.75, 3.05) is 13.7 Å². The summed E-state index contributed by atoms with van der Waals surface area (Å²) in [7, 11) is 1.58. The fraction of sp³-hybridized carbons (Fsp3) is 0.188. The van der Waals surface area contributed by atoms with Gasteiger partial charge in [-0.1, -0.05) is 23.7 Å². The number of hydrogen-bond acceptors (Lipinski definition) is 5. The fourth-order valence-electron chi connectivity index (χ4n) is 1.86. The molecule has 0 radical (unpaired) electrons. The van der Waals surface area contributed by atoms with E-state index in [1.807, 2.05) is 12.1 Å². The number of halogens is 1. The predicted molar refractivity (Wildman–Crippen MR) is 88.4 cm³/mol. The minimum atomic E-state index is -0.558. The van der Waals surface area contributed by atoms with Gasteiger partial charge in [-0.25, -0.2) is 0 Å². The van der Waals surface area contributed by atoms with Crippen molar-refractivity contribution in [2.45, 2.75) is 6.54 Å². The molecule has 0 aliphatic rings. The summed E-state index contributed by atoms with van der Waals surface area (Å²) in [5.41, 5.74) is 0.772. The van der Waals surface area contributed by atoms with Crippen LogP contribution >= 0.6 is 11.6 Å². The van der Waals surface area contributed by atoms with E-state index in [4.69, 9.17) is 21.1 Å². The van der Waals surface area contributed by atoms with Crippen LogP contribution in [0.1, 0.15) is 5.56 Å². The van der Waals surface area contributed by atoms with E-state index in [0.29, 0.717) is 6.54 Å². The molecule has 0 spiro atoms. The number of hydrogen-bond donors (Lipinski definition) is 1. The van der Waals surface area contributed by atoms with Gasteiger partial charge in [-0.05, 0) is 23.8 Å². The summed E-state index contributed by atoms with van der Waals surface area (Å²) in [5, 5.41) is 13.4. The molecule has 0 aliphatic heterocycles. The van der Waals surface area contributed by atoms with Gasteiger partial charge >= 0.3 is 0 Å². The van der Waals surface area contributed by atoms with E-state index < -0.39 is 4.92 Å². The van der Waals surface area contributed by atoms with E-state index in [2.05, 4.69) is 5.32 Å². The Hall–Kier alpha value is -2.80. The van der Waals surface area contributed by atoms with E-state index in [1.165, 1.54) is 18.2 Å². The smallest absolute Gasteiger partial charge is 0.271 e. The fourth-order valence-corrected chi connectivity index (χ4v) is 2.09. The van der Waals surface area contributed by atoms with Gasteiger partial charge in [0.05, 0.1) is 17.1 Å². The maximum absolute atomic E-state index is 11.8. The van der Waals surface area contributed by atoms with Crippen molar-refractivity contribution in [3.8, 4) is 11.5 Å². The molecule has 0 unspecified atom stereocenters. The van der Waals surface area contributed by atoms with Gasteiger partial charge in [0.25, 0.3) is 11.6 Å². The van der Waals surface area contributed by atoms with Crippen LogP contribution in [-0.4, -0.2) is 24.5 Å². The summed E-state index contributed by atoms with van der Waals surface area (Å²) in [5.74, 6) is 0.614. The Morgan fingerprint density at radius 2 is 1.96 bits per heavy atom. The summed E-state index contributed by atoms with van der Waals surface area (Å²) in [6, 6.07) is 11.1. The lowest BCUT2D eigenvalue weighted by Gasteiger charge is -2.09. The molecule has 2 rings (SSSR count). The highest BCUT2D eigenvalue weighted by molar-refractivity contribution is 6.32. The molecule has 126 valence electrons. The van der Waals surface area contributed by atoms with Crippen LogP contribution in [0.25, 0.3) is 0 Å². The Labute approximate surface area is 143 Å². The zero-order valence-electron chi connectivity index (χ0n) is 12.8. The van der Waals surface area contributed by atoms with Crippen molar-refractivity contribution in [1.82, 2.24) is 5.32 Å². The number of nitrogens with zero attached hydrogens (tertiary/aromatic N) is 1. The molecule has 2 aromatic carbocycles. The summed E-state index contributed by atoms with van der Waals surface area (Å²) in [6.07, 6.45) is 0. The van der Waals surface area contributed by atoms with Crippen LogP contribution in [0.5, 0.6) is 11.5 Å². The third-order valence-corrected chi connectivity index (χ3v) is 3.43. The number of ether oxygens (including phenoxy) is 2. The van der Waals surface area contributed by atoms with Crippen LogP contribution in [0.3, 0.4) is 0 Å². The molecule has 0 atom stereocenters. The molecular formula is C16H15ClN2O5. The molecule has 0 heterocycles. The van der Waals surface area contributed by atoms with Crippen molar-refractivity contribution >= 4 is 23.2 Å². The van der Waals surface area contributed by atoms with Crippen LogP contribution in [0.15, 0.2) is 42.5 Å². The zero-order chi connectivity index (χ0) is 17.5. The first-order valence-corrected chi connectivity index (χ1v) is 7.34. The number of methoxy groups -OCH3 is 1. The standard InChI is InChI=1S/C16H15ClN2O5/c1-23-13-5-2-11(3-6-13)9-18-16(20)10-24-15-7-4-12(19(21)22)8-14(15)17/h2-8H,9-10H2,1H3,(H,18,20). The molecule has 0 bridgehead atoms. The van der Waals surface area contributed by atoms with Gasteiger partial charge in [-0.2, -0.15) is 0 Å². The Balaban J connectivity index is 1.83. The molecule has 0 aliphatic carbocycles. The first-order chi connectivity index (χ1) is 11.5. The van der Waals surface area contributed by atoms with Crippen molar-refractivity contribution in [2.24, 2.45) is 0 Å². The summed E-state index contributed by atoms with van der Waals surface area (Å²) in [4.78, 5) is 21.9. The number of benzene rings is 2. The Bertz CT molecular complexity index is 734. The summed E-state index contributed by atoms with van der Waals surface area (Å²) < 4.78 is 10.3. The number of carbonyl (C=O) groups excluding carboxylic acids is 1. The SMILES string of the molecule is COc1ccc(CNC(=O)COc2ccc([N+](=O)[O-])cc2Cl)cc1. The molecule has 1 N–H and O–H groups in total. The van der Waals surface area contributed by atoms with Crippen LogP contribution in [0.4, 0.5) is 5.69 Å². The topological polar surface area (TPSA) is 90.7 Å². The third kappa shape index (κ3) is 4.85. The molecule has 0 aromatic heterocycles. The molecular weight excluding hydrogens is 336 g/mol. The minimum absolute atomic E-state index is 0.0761. The molecule has 24 heavy (non-hydrogen) atoms. The second kappa shape index (κ2) is 8.16. The summed E-state index contributed by atoms with van der Waals surface area (Å²) in [6.45, 7) is 0.105. The van der Waals surface area contributed by atoms with Gasteiger partial charge in [-0.15, -0.1) is 0 Å². The largest absolute Gasteiger partial charge is 0.497 e. The van der Waals surface area contributed by atoms with Crippen LogP contribution in [-0.2, 0) is 11.3 Å². The Morgan fingerprint density at radius 3 is 2.54 bits per heavy atom. The Morgan fingerprint density at radius 1 is 1.25 bits per heavy atom. The van der Waals surface area contributed by atoms with Gasteiger partial charge in [0, 0.05) is 18.7 Å². The van der Waals surface area contributed by atoms with Crippen LogP contribution in [0.2, 0.25) is 5.02 Å². The average molecular weight is 351 g/mol. The highest BCUT2D eigenvalue weighted by Gasteiger charge is 2.11. The molecule has 0 saturated heterocycles. The highest BCUT2D eigenvalue weighted by atomic mass is 35.5. The lowest BCUT2D eigenvalue weighted by molar-refractivity contribution is -0.384. The second-order valence-corrected chi connectivity index (χ2v) is 5.19. The van der Waals surface area contributed by atoms with E-state index in [1.54, 1.807) is 19.2 Å². The van der Waals surface area contributed by atoms with Crippen molar-refractivity contribution in [1.29, 1.82) is 0 Å². The number of nitro groups is 1. The molecule has 2 aromatic rings. The first kappa shape index (κ1) is 17.6. The van der Waals surface area contributed by atoms with Crippen molar-refractivity contribution < 1.29 is 19.2 Å². The van der Waals surface area contributed by atoms with Gasteiger partial charge < -0.3 is 14.8 Å². The number of rotatable bonds is 7. The maximum Gasteiger partial charge on any atom is 0.271 e. The molecule has 0 fully saturated rings. The maximum atomic E-state index is 11.8. The predicted octanol–water partition coefficient (Wildman–Crippen LogP) is 2.95. The quantitative estimate of drug-likeness (QED) is 0.612.